The number of nitrogens with one attached hydrogen (secondary N) is 1. The van der Waals surface area contributed by atoms with Gasteiger partial charge in [-0.05, 0) is 36.1 Å². The molecule has 1 fully saturated rings. The van der Waals surface area contributed by atoms with Gasteiger partial charge in [0, 0.05) is 29.1 Å². The lowest BCUT2D eigenvalue weighted by Gasteiger charge is -2.21. The minimum absolute atomic E-state index is 0.0504. The Kier molecular flexibility index (Phi) is 6.57. The maximum atomic E-state index is 12.9. The highest BCUT2D eigenvalue weighted by atomic mass is 35.5. The lowest BCUT2D eigenvalue weighted by atomic mass is 10.1. The Morgan fingerprint density at radius 3 is 2.85 bits per heavy atom. The summed E-state index contributed by atoms with van der Waals surface area (Å²) in [5, 5.41) is 6.15. The second-order valence-electron chi connectivity index (χ2n) is 6.14. The van der Waals surface area contributed by atoms with Gasteiger partial charge in [0.05, 0.1) is 18.2 Å². The molecular formula is C19H20ClN3O2S2. The third-order valence-corrected chi connectivity index (χ3v) is 6.53. The number of thioether (sulfide) groups is 1. The lowest BCUT2D eigenvalue weighted by Crippen LogP contribution is -2.36. The Hall–Kier alpha value is -1.83. The average molecular weight is 422 g/mol. The molecule has 27 heavy (non-hydrogen) atoms. The smallest absolute Gasteiger partial charge is 0.231 e. The third-order valence-electron chi connectivity index (χ3n) is 4.18. The first-order valence-corrected chi connectivity index (χ1v) is 10.8. The van der Waals surface area contributed by atoms with E-state index in [1.165, 1.54) is 18.3 Å². The van der Waals surface area contributed by atoms with Gasteiger partial charge in [-0.25, -0.2) is 4.99 Å². The molecule has 142 valence electrons. The molecule has 1 unspecified atom stereocenters. The summed E-state index contributed by atoms with van der Waals surface area (Å²) >= 11 is 9.26. The van der Waals surface area contributed by atoms with E-state index in [4.69, 9.17) is 11.6 Å². The lowest BCUT2D eigenvalue weighted by molar-refractivity contribution is -0.127. The normalized spacial score (nSPS) is 16.6. The van der Waals surface area contributed by atoms with Gasteiger partial charge >= 0.3 is 0 Å². The van der Waals surface area contributed by atoms with E-state index < -0.39 is 0 Å². The molecule has 1 N–H and O–H groups in total. The number of carbonyl (C=O) groups excluding carboxylic acids is 2. The van der Waals surface area contributed by atoms with Gasteiger partial charge in [0.25, 0.3) is 0 Å². The molecule has 8 heteroatoms. The van der Waals surface area contributed by atoms with Crippen molar-refractivity contribution in [1.29, 1.82) is 0 Å². The number of thiophene rings is 1. The fourth-order valence-electron chi connectivity index (χ4n) is 2.79. The zero-order valence-electron chi connectivity index (χ0n) is 15.1. The molecule has 0 radical (unpaired) electrons. The van der Waals surface area contributed by atoms with Crippen LogP contribution in [-0.2, 0) is 9.59 Å². The van der Waals surface area contributed by atoms with Gasteiger partial charge < -0.3 is 5.32 Å². The van der Waals surface area contributed by atoms with E-state index >= 15 is 0 Å². The van der Waals surface area contributed by atoms with Crippen LogP contribution in [0.4, 0.5) is 5.69 Å². The fourth-order valence-corrected chi connectivity index (χ4v) is 4.70. The van der Waals surface area contributed by atoms with Crippen LogP contribution in [0.5, 0.6) is 0 Å². The fraction of sp³-hybridized carbons (Fsp3) is 0.316. The number of halogens is 1. The van der Waals surface area contributed by atoms with Crippen LogP contribution in [0.15, 0.2) is 40.7 Å². The van der Waals surface area contributed by atoms with Gasteiger partial charge in [-0.2, -0.15) is 0 Å². The second kappa shape index (κ2) is 8.91. The maximum absolute atomic E-state index is 12.9. The van der Waals surface area contributed by atoms with Crippen molar-refractivity contribution in [3.63, 3.8) is 0 Å². The highest BCUT2D eigenvalue weighted by Crippen LogP contribution is 2.30. The van der Waals surface area contributed by atoms with E-state index in [2.05, 4.69) is 10.3 Å². The zero-order chi connectivity index (χ0) is 19.4. The van der Waals surface area contributed by atoms with Crippen LogP contribution in [0.2, 0.25) is 5.02 Å². The predicted octanol–water partition coefficient (Wildman–Crippen LogP) is 4.54. The molecule has 1 aliphatic rings. The van der Waals surface area contributed by atoms with Crippen molar-refractivity contribution in [1.82, 2.24) is 10.2 Å². The van der Waals surface area contributed by atoms with E-state index in [0.29, 0.717) is 16.7 Å². The number of benzene rings is 1. The number of amides is 2. The maximum Gasteiger partial charge on any atom is 0.231 e. The SMILES string of the molecule is CC(=O)NC(CC(=O)N1CCSC1=Nc1cccc(Cl)c1C)c1cccs1. The Morgan fingerprint density at radius 1 is 1.33 bits per heavy atom. The Bertz CT molecular complexity index is 868. The summed E-state index contributed by atoms with van der Waals surface area (Å²) in [6.45, 7) is 3.99. The predicted molar refractivity (Wildman–Crippen MR) is 113 cm³/mol. The van der Waals surface area contributed by atoms with Gasteiger partial charge in [0.2, 0.25) is 11.8 Å². The number of hydrogen-bond donors (Lipinski definition) is 1. The molecule has 1 saturated heterocycles. The van der Waals surface area contributed by atoms with E-state index in [0.717, 1.165) is 21.9 Å². The third kappa shape index (κ3) is 4.91. The molecule has 2 heterocycles. The number of nitrogens with zero attached hydrogens (tertiary/aromatic N) is 2. The monoisotopic (exact) mass is 421 g/mol. The van der Waals surface area contributed by atoms with E-state index in [1.54, 1.807) is 16.7 Å². The largest absolute Gasteiger partial charge is 0.348 e. The van der Waals surface area contributed by atoms with E-state index in [9.17, 15) is 9.59 Å². The van der Waals surface area contributed by atoms with Crippen molar-refractivity contribution in [3.8, 4) is 0 Å². The summed E-state index contributed by atoms with van der Waals surface area (Å²) in [5.41, 5.74) is 1.66. The van der Waals surface area contributed by atoms with Crippen molar-refractivity contribution >= 4 is 57.4 Å². The van der Waals surface area contributed by atoms with Crippen LogP contribution in [0.3, 0.4) is 0 Å². The number of aliphatic imine (C=N–C) groups is 1. The quantitative estimate of drug-likeness (QED) is 0.770. The minimum atomic E-state index is -0.324. The molecule has 1 aromatic heterocycles. The second-order valence-corrected chi connectivity index (χ2v) is 8.59. The molecule has 0 saturated carbocycles. The van der Waals surface area contributed by atoms with Crippen LogP contribution < -0.4 is 5.32 Å². The summed E-state index contributed by atoms with van der Waals surface area (Å²) in [6.07, 6.45) is 0.203. The molecule has 1 atom stereocenters. The first-order chi connectivity index (χ1) is 13.0. The van der Waals surface area contributed by atoms with E-state index in [1.807, 2.05) is 42.6 Å². The molecular weight excluding hydrogens is 402 g/mol. The first kappa shape index (κ1) is 19.9. The summed E-state index contributed by atoms with van der Waals surface area (Å²) < 4.78 is 0. The summed E-state index contributed by atoms with van der Waals surface area (Å²) in [6, 6.07) is 9.09. The van der Waals surface area contributed by atoms with Crippen LogP contribution in [0, 0.1) is 6.92 Å². The molecule has 1 aromatic carbocycles. The van der Waals surface area contributed by atoms with Gasteiger partial charge in [-0.3, -0.25) is 14.5 Å². The summed E-state index contributed by atoms with van der Waals surface area (Å²) in [7, 11) is 0. The van der Waals surface area contributed by atoms with Crippen molar-refractivity contribution in [2.75, 3.05) is 12.3 Å². The molecule has 0 bridgehead atoms. The number of carbonyl (C=O) groups is 2. The van der Waals surface area contributed by atoms with Gasteiger partial charge in [0.15, 0.2) is 5.17 Å². The molecule has 5 nitrogen and oxygen atoms in total. The molecule has 3 rings (SSSR count). The van der Waals surface area contributed by atoms with Crippen molar-refractivity contribution in [3.05, 3.63) is 51.2 Å². The van der Waals surface area contributed by atoms with Gasteiger partial charge in [0.1, 0.15) is 0 Å². The summed E-state index contributed by atoms with van der Waals surface area (Å²) in [5.74, 6) is 0.597. The topological polar surface area (TPSA) is 61.8 Å². The van der Waals surface area contributed by atoms with Gasteiger partial charge in [-0.15, -0.1) is 11.3 Å². The van der Waals surface area contributed by atoms with Crippen LogP contribution in [-0.4, -0.2) is 34.2 Å². The van der Waals surface area contributed by atoms with Crippen LogP contribution >= 0.6 is 34.7 Å². The highest BCUT2D eigenvalue weighted by molar-refractivity contribution is 8.14. The molecule has 1 aliphatic heterocycles. The van der Waals surface area contributed by atoms with E-state index in [-0.39, 0.29) is 24.3 Å². The Morgan fingerprint density at radius 2 is 2.15 bits per heavy atom. The summed E-state index contributed by atoms with van der Waals surface area (Å²) in [4.78, 5) is 31.8. The Labute approximate surface area is 171 Å². The molecule has 2 aromatic rings. The van der Waals surface area contributed by atoms with Gasteiger partial charge in [-0.1, -0.05) is 35.5 Å². The number of rotatable bonds is 5. The number of amidine groups is 1. The van der Waals surface area contributed by atoms with Crippen molar-refractivity contribution < 1.29 is 9.59 Å². The van der Waals surface area contributed by atoms with Crippen molar-refractivity contribution in [2.24, 2.45) is 4.99 Å². The highest BCUT2D eigenvalue weighted by Gasteiger charge is 2.29. The standard InChI is InChI=1S/C19H20ClN3O2S2/c1-12-14(20)5-3-6-15(12)22-19-23(8-10-27-19)18(25)11-16(21-13(2)24)17-7-4-9-26-17/h3-7,9,16H,8,10-11H2,1-2H3,(H,21,24). The average Bonchev–Trinajstić information content (AvgIpc) is 3.30. The van der Waals surface area contributed by atoms with Crippen molar-refractivity contribution in [2.45, 2.75) is 26.3 Å². The molecule has 2 amide bonds. The first-order valence-electron chi connectivity index (χ1n) is 8.53. The molecule has 0 spiro atoms. The van der Waals surface area contributed by atoms with Crippen LogP contribution in [0.1, 0.15) is 29.8 Å². The minimum Gasteiger partial charge on any atom is -0.348 e. The van der Waals surface area contributed by atoms with Crippen LogP contribution in [0.25, 0.3) is 0 Å². The zero-order valence-corrected chi connectivity index (χ0v) is 17.5. The number of hydrogen-bond acceptors (Lipinski definition) is 5. The Balaban J connectivity index is 1.79. The molecule has 0 aliphatic carbocycles.